The van der Waals surface area contributed by atoms with E-state index in [-0.39, 0.29) is 16.3 Å². The molecule has 9 heteroatoms. The Morgan fingerprint density at radius 2 is 1.83 bits per heavy atom. The number of hydroxylamine groups is 1. The lowest BCUT2D eigenvalue weighted by Gasteiger charge is -2.20. The number of nitrogens with zero attached hydrogens (tertiary/aromatic N) is 1. The lowest BCUT2D eigenvalue weighted by molar-refractivity contribution is 0.0707. The Labute approximate surface area is 170 Å². The van der Waals surface area contributed by atoms with Crippen LogP contribution in [0.4, 0.5) is 5.69 Å². The molecule has 2 aromatic rings. The van der Waals surface area contributed by atoms with Crippen LogP contribution in [0, 0.1) is 0 Å². The molecule has 1 amide bonds. The van der Waals surface area contributed by atoms with Gasteiger partial charge < -0.3 is 10.1 Å². The predicted octanol–water partition coefficient (Wildman–Crippen LogP) is 2.25. The molecular weight excluding hydrogens is 394 g/mol. The molecule has 0 aliphatic carbocycles. The van der Waals surface area contributed by atoms with Crippen molar-refractivity contribution in [2.75, 3.05) is 31.4 Å². The lowest BCUT2D eigenvalue weighted by atomic mass is 10.1. The fourth-order valence-corrected chi connectivity index (χ4v) is 4.46. The van der Waals surface area contributed by atoms with Crippen molar-refractivity contribution in [2.45, 2.75) is 24.3 Å². The van der Waals surface area contributed by atoms with Crippen LogP contribution in [-0.2, 0) is 16.4 Å². The molecule has 1 heterocycles. The lowest BCUT2D eigenvalue weighted by Crippen LogP contribution is -2.25. The summed E-state index contributed by atoms with van der Waals surface area (Å²) in [4.78, 5) is 14.5. The summed E-state index contributed by atoms with van der Waals surface area (Å²) in [7, 11) is -2.14. The van der Waals surface area contributed by atoms with Crippen molar-refractivity contribution in [3.05, 3.63) is 53.6 Å². The first-order valence-corrected chi connectivity index (χ1v) is 11.0. The summed E-state index contributed by atoms with van der Waals surface area (Å²) in [5.41, 5.74) is 3.03. The maximum Gasteiger partial charge on any atom is 0.276 e. The number of para-hydroxylation sites is 1. The van der Waals surface area contributed by atoms with Crippen molar-refractivity contribution in [3.8, 4) is 5.75 Å². The molecule has 0 unspecified atom stereocenters. The molecule has 29 heavy (non-hydrogen) atoms. The maximum atomic E-state index is 12.7. The molecule has 0 saturated carbocycles. The van der Waals surface area contributed by atoms with Gasteiger partial charge in [0.05, 0.1) is 23.3 Å². The summed E-state index contributed by atoms with van der Waals surface area (Å²) in [6.45, 7) is 2.51. The van der Waals surface area contributed by atoms with Crippen molar-refractivity contribution in [2.24, 2.45) is 0 Å². The van der Waals surface area contributed by atoms with Gasteiger partial charge in [-0.2, -0.15) is 0 Å². The van der Waals surface area contributed by atoms with Gasteiger partial charge in [-0.05, 0) is 61.8 Å². The minimum Gasteiger partial charge on any atom is -0.497 e. The van der Waals surface area contributed by atoms with Gasteiger partial charge in [0.25, 0.3) is 5.91 Å². The summed E-state index contributed by atoms with van der Waals surface area (Å²) in [5.74, 6) is -0.519. The molecule has 8 nitrogen and oxygen atoms in total. The quantitative estimate of drug-likeness (QED) is 0.445. The highest BCUT2D eigenvalue weighted by atomic mass is 32.2. The number of amides is 1. The van der Waals surface area contributed by atoms with E-state index in [2.05, 4.69) is 10.2 Å². The van der Waals surface area contributed by atoms with Crippen LogP contribution in [0.2, 0.25) is 0 Å². The Morgan fingerprint density at radius 1 is 1.14 bits per heavy atom. The Balaban J connectivity index is 1.86. The van der Waals surface area contributed by atoms with Crippen LogP contribution in [0.15, 0.2) is 47.4 Å². The summed E-state index contributed by atoms with van der Waals surface area (Å²) in [6.07, 6.45) is 2.23. The second-order valence-electron chi connectivity index (χ2n) is 6.88. The molecule has 0 atom stereocenters. The van der Waals surface area contributed by atoms with Crippen molar-refractivity contribution >= 4 is 21.4 Å². The molecule has 1 saturated heterocycles. The van der Waals surface area contributed by atoms with Gasteiger partial charge in [0.1, 0.15) is 11.6 Å². The average Bonchev–Trinajstić information content (AvgIpc) is 3.25. The maximum absolute atomic E-state index is 12.7. The van der Waals surface area contributed by atoms with E-state index in [1.807, 2.05) is 6.07 Å². The molecule has 0 bridgehead atoms. The van der Waals surface area contributed by atoms with Crippen LogP contribution < -0.4 is 15.5 Å². The number of ether oxygens (including phenoxy) is 1. The van der Waals surface area contributed by atoms with E-state index in [0.29, 0.717) is 18.0 Å². The van der Waals surface area contributed by atoms with Gasteiger partial charge in [-0.1, -0.05) is 12.1 Å². The Hall–Kier alpha value is -2.62. The molecule has 1 aliphatic heterocycles. The Bertz CT molecular complexity index is 955. The monoisotopic (exact) mass is 419 g/mol. The molecule has 1 fully saturated rings. The highest BCUT2D eigenvalue weighted by Gasteiger charge is 2.21. The zero-order valence-corrected chi connectivity index (χ0v) is 17.0. The minimum atomic E-state index is -3.65. The third-order valence-corrected chi connectivity index (χ3v) is 6.46. The minimum absolute atomic E-state index is 0.149. The normalized spacial score (nSPS) is 14.6. The number of nitrogens with one attached hydrogen (secondary N) is 2. The van der Waals surface area contributed by atoms with Gasteiger partial charge in [0, 0.05) is 6.54 Å². The van der Waals surface area contributed by atoms with Crippen molar-refractivity contribution in [1.82, 2.24) is 10.4 Å². The first kappa shape index (κ1) is 21.1. The zero-order chi connectivity index (χ0) is 20.9. The van der Waals surface area contributed by atoms with Crippen LogP contribution in [0.25, 0.3) is 0 Å². The van der Waals surface area contributed by atoms with Gasteiger partial charge in [-0.25, -0.2) is 13.9 Å². The van der Waals surface area contributed by atoms with E-state index in [4.69, 9.17) is 9.94 Å². The van der Waals surface area contributed by atoms with E-state index in [9.17, 15) is 13.2 Å². The smallest absolute Gasteiger partial charge is 0.276 e. The largest absolute Gasteiger partial charge is 0.497 e. The number of likely N-dealkylation sites (tertiary alicyclic amines) is 1. The topological polar surface area (TPSA) is 108 Å². The number of methoxy groups -OCH3 is 1. The molecular formula is C20H25N3O5S. The zero-order valence-electron chi connectivity index (χ0n) is 16.2. The predicted molar refractivity (Wildman–Crippen MR) is 109 cm³/mol. The molecule has 1 aliphatic rings. The number of sulfone groups is 1. The van der Waals surface area contributed by atoms with Crippen LogP contribution in [0.3, 0.4) is 0 Å². The summed E-state index contributed by atoms with van der Waals surface area (Å²) in [6, 6.07) is 11.2. The molecule has 0 radical (unpaired) electrons. The first-order valence-electron chi connectivity index (χ1n) is 9.34. The van der Waals surface area contributed by atoms with E-state index in [1.165, 1.54) is 19.2 Å². The average molecular weight is 420 g/mol. The van der Waals surface area contributed by atoms with Crippen LogP contribution in [-0.4, -0.2) is 50.5 Å². The number of carbonyl (C=O) groups is 1. The third-order valence-electron chi connectivity index (χ3n) is 4.95. The number of benzene rings is 2. The van der Waals surface area contributed by atoms with Crippen LogP contribution in [0.1, 0.15) is 28.8 Å². The highest BCUT2D eigenvalue weighted by Crippen LogP contribution is 2.26. The molecule has 0 aromatic heterocycles. The van der Waals surface area contributed by atoms with Gasteiger partial charge in [0.15, 0.2) is 9.84 Å². The number of rotatable bonds is 8. The molecule has 0 spiro atoms. The molecule has 156 valence electrons. The second-order valence-corrected chi connectivity index (χ2v) is 8.86. The summed E-state index contributed by atoms with van der Waals surface area (Å²) < 4.78 is 30.6. The van der Waals surface area contributed by atoms with Crippen LogP contribution >= 0.6 is 0 Å². The van der Waals surface area contributed by atoms with Crippen LogP contribution in [0.5, 0.6) is 5.75 Å². The van der Waals surface area contributed by atoms with Crippen molar-refractivity contribution in [3.63, 3.8) is 0 Å². The number of carbonyl (C=O) groups excluding carboxylic acids is 1. The second kappa shape index (κ2) is 9.25. The van der Waals surface area contributed by atoms with E-state index < -0.39 is 15.7 Å². The SMILES string of the molecule is COc1ccc(S(=O)(=O)CNc2c(CN3CCCC3)cccc2C(=O)NO)cc1. The Morgan fingerprint density at radius 3 is 2.45 bits per heavy atom. The fourth-order valence-electron chi connectivity index (χ4n) is 3.41. The Kier molecular flexibility index (Phi) is 6.73. The highest BCUT2D eigenvalue weighted by molar-refractivity contribution is 7.91. The van der Waals surface area contributed by atoms with Gasteiger partial charge in [0.2, 0.25) is 0 Å². The van der Waals surface area contributed by atoms with Gasteiger partial charge in [-0.3, -0.25) is 14.9 Å². The number of hydrogen-bond acceptors (Lipinski definition) is 7. The third kappa shape index (κ3) is 5.06. The van der Waals surface area contributed by atoms with Gasteiger partial charge >= 0.3 is 0 Å². The first-order chi connectivity index (χ1) is 13.9. The summed E-state index contributed by atoms with van der Waals surface area (Å²) >= 11 is 0. The fraction of sp³-hybridized carbons (Fsp3) is 0.350. The van der Waals surface area contributed by atoms with Gasteiger partial charge in [-0.15, -0.1) is 0 Å². The molecule has 2 aromatic carbocycles. The van der Waals surface area contributed by atoms with E-state index in [1.54, 1.807) is 29.7 Å². The number of hydrogen-bond donors (Lipinski definition) is 3. The van der Waals surface area contributed by atoms with E-state index in [0.717, 1.165) is 31.5 Å². The van der Waals surface area contributed by atoms with E-state index >= 15 is 0 Å². The standard InChI is InChI=1S/C20H25N3O5S/c1-28-16-7-9-17(10-8-16)29(26,27)14-21-19-15(13-23-11-2-3-12-23)5-4-6-18(19)20(24)22-25/h4-10,21,25H,2-3,11-14H2,1H3,(H,22,24). The molecule has 3 rings (SSSR count). The molecule has 3 N–H and O–H groups in total. The number of anilines is 1. The summed E-state index contributed by atoms with van der Waals surface area (Å²) in [5, 5.41) is 12.0. The van der Waals surface area contributed by atoms with Crippen molar-refractivity contribution in [1.29, 1.82) is 0 Å². The van der Waals surface area contributed by atoms with Crippen molar-refractivity contribution < 1.29 is 23.2 Å².